The Balaban J connectivity index is 1.48. The molecule has 1 aromatic rings. The Kier molecular flexibility index (Phi) is 6.82. The second-order valence-electron chi connectivity index (χ2n) is 7.51. The molecular weight excluding hydrogens is 312 g/mol. The molecule has 2 atom stereocenters. The molecule has 138 valence electrons. The van der Waals surface area contributed by atoms with Gasteiger partial charge in [0.15, 0.2) is 0 Å². The van der Waals surface area contributed by atoms with Crippen molar-refractivity contribution in [2.24, 2.45) is 0 Å². The molecule has 0 bridgehead atoms. The van der Waals surface area contributed by atoms with Crippen LogP contribution in [0.25, 0.3) is 0 Å². The third-order valence-corrected chi connectivity index (χ3v) is 5.69. The zero-order valence-corrected chi connectivity index (χ0v) is 15.5. The topological polar surface area (TPSA) is 48.5 Å². The molecule has 1 amide bonds. The molecule has 0 aromatic carbocycles. The molecular formula is C20H32N4O. The van der Waals surface area contributed by atoms with Crippen molar-refractivity contribution in [1.82, 2.24) is 20.1 Å². The maximum atomic E-state index is 12.7. The summed E-state index contributed by atoms with van der Waals surface area (Å²) in [4.78, 5) is 21.7. The summed E-state index contributed by atoms with van der Waals surface area (Å²) in [5.74, 6) is 0.207. The number of hydrogen-bond acceptors (Lipinski definition) is 4. The van der Waals surface area contributed by atoms with E-state index in [0.717, 1.165) is 39.0 Å². The molecule has 1 N–H and O–H groups in total. The Bertz CT molecular complexity index is 536. The number of nitrogens with zero attached hydrogens (tertiary/aromatic N) is 3. The number of amides is 1. The van der Waals surface area contributed by atoms with E-state index in [0.29, 0.717) is 6.04 Å². The van der Waals surface area contributed by atoms with Gasteiger partial charge < -0.3 is 5.32 Å². The summed E-state index contributed by atoms with van der Waals surface area (Å²) in [6, 6.07) is 4.76. The first-order chi connectivity index (χ1) is 12.2. The Hall–Kier alpha value is -1.46. The molecule has 2 saturated heterocycles. The molecule has 2 fully saturated rings. The maximum Gasteiger partial charge on any atom is 0.237 e. The summed E-state index contributed by atoms with van der Waals surface area (Å²) in [5.41, 5.74) is 1.23. The summed E-state index contributed by atoms with van der Waals surface area (Å²) >= 11 is 0. The Morgan fingerprint density at radius 3 is 2.60 bits per heavy atom. The minimum Gasteiger partial charge on any atom is -0.353 e. The number of aromatic nitrogens is 1. The third kappa shape index (κ3) is 5.25. The van der Waals surface area contributed by atoms with Crippen molar-refractivity contribution >= 4 is 5.91 Å². The standard InChI is InChI=1S/C20H32N4O/c1-17-6-2-4-13-23(17)15-12-22-20(25)19-7-3-5-14-24(19)16-18-8-10-21-11-9-18/h8-11,17,19H,2-7,12-16H2,1H3,(H,22,25)/t17-,19+/m1/s1. The average molecular weight is 345 g/mol. The molecule has 2 aliphatic rings. The van der Waals surface area contributed by atoms with E-state index in [4.69, 9.17) is 0 Å². The monoisotopic (exact) mass is 344 g/mol. The van der Waals surface area contributed by atoms with Gasteiger partial charge in [-0.05, 0) is 63.4 Å². The van der Waals surface area contributed by atoms with Crippen molar-refractivity contribution in [3.63, 3.8) is 0 Å². The fraction of sp³-hybridized carbons (Fsp3) is 0.700. The van der Waals surface area contributed by atoms with Gasteiger partial charge in [-0.2, -0.15) is 0 Å². The first kappa shape index (κ1) is 18.3. The van der Waals surface area contributed by atoms with E-state index >= 15 is 0 Å². The highest BCUT2D eigenvalue weighted by Crippen LogP contribution is 2.20. The first-order valence-corrected chi connectivity index (χ1v) is 9.89. The highest BCUT2D eigenvalue weighted by atomic mass is 16.2. The van der Waals surface area contributed by atoms with Crippen LogP contribution in [0.1, 0.15) is 51.0 Å². The van der Waals surface area contributed by atoms with Gasteiger partial charge in [-0.1, -0.05) is 12.8 Å². The molecule has 0 aliphatic carbocycles. The molecule has 0 saturated carbocycles. The van der Waals surface area contributed by atoms with Crippen LogP contribution in [-0.4, -0.2) is 59.0 Å². The molecule has 3 rings (SSSR count). The van der Waals surface area contributed by atoms with Gasteiger partial charge in [0.2, 0.25) is 5.91 Å². The van der Waals surface area contributed by atoms with Crippen LogP contribution in [0.3, 0.4) is 0 Å². The normalized spacial score (nSPS) is 25.6. The number of likely N-dealkylation sites (tertiary alicyclic amines) is 2. The van der Waals surface area contributed by atoms with Crippen LogP contribution in [0.5, 0.6) is 0 Å². The summed E-state index contributed by atoms with van der Waals surface area (Å²) in [5, 5.41) is 3.20. The smallest absolute Gasteiger partial charge is 0.237 e. The third-order valence-electron chi connectivity index (χ3n) is 5.69. The number of carbonyl (C=O) groups excluding carboxylic acids is 1. The lowest BCUT2D eigenvalue weighted by atomic mass is 10.0. The van der Waals surface area contributed by atoms with E-state index in [1.165, 1.54) is 37.8 Å². The lowest BCUT2D eigenvalue weighted by molar-refractivity contribution is -0.128. The molecule has 0 radical (unpaired) electrons. The van der Waals surface area contributed by atoms with Gasteiger partial charge in [0.05, 0.1) is 6.04 Å². The molecule has 2 aliphatic heterocycles. The van der Waals surface area contributed by atoms with Crippen LogP contribution in [0.2, 0.25) is 0 Å². The minimum atomic E-state index is 0.0145. The fourth-order valence-corrected chi connectivity index (χ4v) is 4.13. The van der Waals surface area contributed by atoms with Crippen molar-refractivity contribution in [3.05, 3.63) is 30.1 Å². The molecule has 5 heteroatoms. The molecule has 0 spiro atoms. The van der Waals surface area contributed by atoms with Crippen LogP contribution in [0.4, 0.5) is 0 Å². The molecule has 3 heterocycles. The van der Waals surface area contributed by atoms with E-state index < -0.39 is 0 Å². The minimum absolute atomic E-state index is 0.0145. The zero-order chi connectivity index (χ0) is 17.5. The highest BCUT2D eigenvalue weighted by molar-refractivity contribution is 5.81. The number of pyridine rings is 1. The van der Waals surface area contributed by atoms with Gasteiger partial charge in [-0.25, -0.2) is 0 Å². The lowest BCUT2D eigenvalue weighted by Crippen LogP contribution is -2.50. The van der Waals surface area contributed by atoms with Gasteiger partial charge in [0, 0.05) is 38.1 Å². The zero-order valence-electron chi connectivity index (χ0n) is 15.5. The van der Waals surface area contributed by atoms with E-state index in [1.54, 1.807) is 0 Å². The fourth-order valence-electron chi connectivity index (χ4n) is 4.13. The van der Waals surface area contributed by atoms with Crippen molar-refractivity contribution in [2.45, 2.75) is 64.1 Å². The Morgan fingerprint density at radius 2 is 1.84 bits per heavy atom. The molecule has 5 nitrogen and oxygen atoms in total. The summed E-state index contributed by atoms with van der Waals surface area (Å²) in [6.07, 6.45) is 10.9. The maximum absolute atomic E-state index is 12.7. The van der Waals surface area contributed by atoms with Crippen molar-refractivity contribution in [1.29, 1.82) is 0 Å². The number of hydrogen-bond donors (Lipinski definition) is 1. The summed E-state index contributed by atoms with van der Waals surface area (Å²) < 4.78 is 0. The molecule has 1 aromatic heterocycles. The van der Waals surface area contributed by atoms with Crippen LogP contribution >= 0.6 is 0 Å². The average Bonchev–Trinajstić information content (AvgIpc) is 2.64. The van der Waals surface area contributed by atoms with Gasteiger partial charge in [0.25, 0.3) is 0 Å². The van der Waals surface area contributed by atoms with Gasteiger partial charge in [-0.3, -0.25) is 19.6 Å². The SMILES string of the molecule is C[C@@H]1CCCCN1CCNC(=O)[C@@H]1CCCCN1Cc1ccncc1. The van der Waals surface area contributed by atoms with E-state index in [-0.39, 0.29) is 11.9 Å². The second kappa shape index (κ2) is 9.30. The summed E-state index contributed by atoms with van der Waals surface area (Å²) in [7, 11) is 0. The predicted molar refractivity (Wildman–Crippen MR) is 100 cm³/mol. The van der Waals surface area contributed by atoms with E-state index in [1.807, 2.05) is 24.5 Å². The van der Waals surface area contributed by atoms with Gasteiger partial charge >= 0.3 is 0 Å². The van der Waals surface area contributed by atoms with E-state index in [2.05, 4.69) is 27.0 Å². The van der Waals surface area contributed by atoms with Gasteiger partial charge in [-0.15, -0.1) is 0 Å². The van der Waals surface area contributed by atoms with Crippen LogP contribution in [0, 0.1) is 0 Å². The van der Waals surface area contributed by atoms with Crippen molar-refractivity contribution in [2.75, 3.05) is 26.2 Å². The molecule has 0 unspecified atom stereocenters. The van der Waals surface area contributed by atoms with Crippen molar-refractivity contribution in [3.8, 4) is 0 Å². The Morgan fingerprint density at radius 1 is 1.12 bits per heavy atom. The number of rotatable bonds is 6. The summed E-state index contributed by atoms with van der Waals surface area (Å²) in [6.45, 7) is 7.06. The lowest BCUT2D eigenvalue weighted by Gasteiger charge is -2.36. The largest absolute Gasteiger partial charge is 0.353 e. The van der Waals surface area contributed by atoms with Crippen LogP contribution in [0.15, 0.2) is 24.5 Å². The van der Waals surface area contributed by atoms with Crippen molar-refractivity contribution < 1.29 is 4.79 Å². The van der Waals surface area contributed by atoms with Crippen LogP contribution < -0.4 is 5.32 Å². The number of piperidine rings is 2. The number of nitrogens with one attached hydrogen (secondary N) is 1. The Labute approximate surface area is 151 Å². The second-order valence-corrected chi connectivity index (χ2v) is 7.51. The predicted octanol–water partition coefficient (Wildman–Crippen LogP) is 2.43. The quantitative estimate of drug-likeness (QED) is 0.861. The first-order valence-electron chi connectivity index (χ1n) is 9.89. The molecule has 25 heavy (non-hydrogen) atoms. The highest BCUT2D eigenvalue weighted by Gasteiger charge is 2.28. The van der Waals surface area contributed by atoms with Crippen LogP contribution in [-0.2, 0) is 11.3 Å². The van der Waals surface area contributed by atoms with E-state index in [9.17, 15) is 4.79 Å². The number of carbonyl (C=O) groups is 1. The van der Waals surface area contributed by atoms with Gasteiger partial charge in [0.1, 0.15) is 0 Å².